The highest BCUT2D eigenvalue weighted by molar-refractivity contribution is 7.85. The Balaban J connectivity index is 2.03. The predicted molar refractivity (Wildman–Crippen MR) is 76.8 cm³/mol. The number of ether oxygens (including phenoxy) is 1. The zero-order valence-corrected chi connectivity index (χ0v) is 11.7. The van der Waals surface area contributed by atoms with E-state index in [0.29, 0.717) is 12.0 Å². The molecule has 3 rings (SSSR count). The van der Waals surface area contributed by atoms with Gasteiger partial charge < -0.3 is 15.0 Å². The molecule has 0 amide bonds. The van der Waals surface area contributed by atoms with Gasteiger partial charge >= 0.3 is 0 Å². The fourth-order valence-corrected chi connectivity index (χ4v) is 3.92. The molecule has 0 unspecified atom stereocenters. The number of methoxy groups -OCH3 is 1. The van der Waals surface area contributed by atoms with Gasteiger partial charge in [-0.25, -0.2) is 4.98 Å². The highest BCUT2D eigenvalue weighted by atomic mass is 32.2. The van der Waals surface area contributed by atoms with Gasteiger partial charge in [0.1, 0.15) is 5.75 Å². The molecule has 2 aromatic rings. The molecule has 1 aliphatic heterocycles. The van der Waals surface area contributed by atoms with Crippen LogP contribution in [0, 0.1) is 0 Å². The quantitative estimate of drug-likeness (QED) is 0.908. The van der Waals surface area contributed by atoms with Crippen LogP contribution in [0.2, 0.25) is 0 Å². The number of benzene rings is 1. The molecule has 0 atom stereocenters. The molecule has 5 nitrogen and oxygen atoms in total. The molecule has 6 heteroatoms. The number of nitrogens with two attached hydrogens (primary N) is 1. The highest BCUT2D eigenvalue weighted by Gasteiger charge is 2.23. The van der Waals surface area contributed by atoms with E-state index in [-0.39, 0.29) is 0 Å². The SMILES string of the molecule is COc1ccc2c(c1)nc(N)n2C1CCS(=O)CC1. The van der Waals surface area contributed by atoms with Crippen LogP contribution in [-0.4, -0.2) is 32.4 Å². The van der Waals surface area contributed by atoms with E-state index in [9.17, 15) is 4.21 Å². The normalized spacial score (nSPS) is 23.6. The van der Waals surface area contributed by atoms with Crippen LogP contribution in [-0.2, 0) is 10.8 Å². The van der Waals surface area contributed by atoms with E-state index >= 15 is 0 Å². The number of aromatic nitrogens is 2. The molecular formula is C13H17N3O2S. The van der Waals surface area contributed by atoms with Crippen LogP contribution in [0.1, 0.15) is 18.9 Å². The molecule has 2 heterocycles. The lowest BCUT2D eigenvalue weighted by atomic mass is 10.1. The monoisotopic (exact) mass is 279 g/mol. The summed E-state index contributed by atoms with van der Waals surface area (Å²) in [5, 5.41) is 0. The largest absolute Gasteiger partial charge is 0.497 e. The summed E-state index contributed by atoms with van der Waals surface area (Å²) in [6, 6.07) is 6.10. The molecule has 19 heavy (non-hydrogen) atoms. The number of hydrogen-bond donors (Lipinski definition) is 1. The Kier molecular flexibility index (Phi) is 3.18. The fourth-order valence-electron chi connectivity index (χ4n) is 2.65. The van der Waals surface area contributed by atoms with Gasteiger partial charge in [-0.3, -0.25) is 4.21 Å². The number of hydrogen-bond acceptors (Lipinski definition) is 4. The maximum absolute atomic E-state index is 11.4. The second-order valence-electron chi connectivity index (χ2n) is 4.77. The third-order valence-electron chi connectivity index (χ3n) is 3.65. The number of nitrogens with zero attached hydrogens (tertiary/aromatic N) is 2. The standard InChI is InChI=1S/C13H17N3O2S/c1-18-10-2-3-12-11(8-10)15-13(14)16(12)9-4-6-19(17)7-5-9/h2-3,8-9H,4-7H2,1H3,(H2,14,15). The van der Waals surface area contributed by atoms with E-state index in [0.717, 1.165) is 41.1 Å². The van der Waals surface area contributed by atoms with Gasteiger partial charge in [-0.1, -0.05) is 0 Å². The van der Waals surface area contributed by atoms with E-state index in [4.69, 9.17) is 10.5 Å². The van der Waals surface area contributed by atoms with Crippen LogP contribution >= 0.6 is 0 Å². The molecule has 1 saturated heterocycles. The third kappa shape index (κ3) is 2.20. The zero-order chi connectivity index (χ0) is 13.4. The van der Waals surface area contributed by atoms with Gasteiger partial charge in [0.25, 0.3) is 0 Å². The smallest absolute Gasteiger partial charge is 0.201 e. The Morgan fingerprint density at radius 2 is 2.16 bits per heavy atom. The van der Waals surface area contributed by atoms with Crippen molar-refractivity contribution in [2.45, 2.75) is 18.9 Å². The van der Waals surface area contributed by atoms with Gasteiger partial charge in [-0.05, 0) is 25.0 Å². The average molecular weight is 279 g/mol. The zero-order valence-electron chi connectivity index (χ0n) is 10.8. The van der Waals surface area contributed by atoms with E-state index < -0.39 is 10.8 Å². The lowest BCUT2D eigenvalue weighted by Crippen LogP contribution is -2.22. The Hall–Kier alpha value is -1.56. The van der Waals surface area contributed by atoms with Crippen LogP contribution in [0.4, 0.5) is 5.95 Å². The summed E-state index contributed by atoms with van der Waals surface area (Å²) in [7, 11) is 0.974. The molecular weight excluding hydrogens is 262 g/mol. The van der Waals surface area contributed by atoms with E-state index in [2.05, 4.69) is 9.55 Å². The first-order valence-corrected chi connectivity index (χ1v) is 7.84. The van der Waals surface area contributed by atoms with Crippen LogP contribution in [0.15, 0.2) is 18.2 Å². The molecule has 0 radical (unpaired) electrons. The van der Waals surface area contributed by atoms with Crippen molar-refractivity contribution >= 4 is 27.8 Å². The van der Waals surface area contributed by atoms with Gasteiger partial charge in [0.15, 0.2) is 0 Å². The third-order valence-corrected chi connectivity index (χ3v) is 5.03. The summed E-state index contributed by atoms with van der Waals surface area (Å²) in [5.41, 5.74) is 7.92. The fraction of sp³-hybridized carbons (Fsp3) is 0.462. The topological polar surface area (TPSA) is 70.1 Å². The van der Waals surface area contributed by atoms with Crippen molar-refractivity contribution in [2.24, 2.45) is 0 Å². The summed E-state index contributed by atoms with van der Waals surface area (Å²) in [4.78, 5) is 4.40. The second kappa shape index (κ2) is 4.85. The van der Waals surface area contributed by atoms with Crippen molar-refractivity contribution in [3.05, 3.63) is 18.2 Å². The first kappa shape index (κ1) is 12.5. The lowest BCUT2D eigenvalue weighted by molar-refractivity contribution is 0.415. The molecule has 2 N–H and O–H groups in total. The van der Waals surface area contributed by atoms with Crippen molar-refractivity contribution in [1.82, 2.24) is 9.55 Å². The van der Waals surface area contributed by atoms with E-state index in [1.165, 1.54) is 0 Å². The predicted octanol–water partition coefficient (Wildman–Crippen LogP) is 1.71. The van der Waals surface area contributed by atoms with Crippen molar-refractivity contribution in [1.29, 1.82) is 0 Å². The molecule has 102 valence electrons. The van der Waals surface area contributed by atoms with Gasteiger partial charge in [0.05, 0.1) is 18.1 Å². The van der Waals surface area contributed by atoms with Crippen LogP contribution in [0.3, 0.4) is 0 Å². The number of fused-ring (bicyclic) bond motifs is 1. The van der Waals surface area contributed by atoms with Gasteiger partial charge in [-0.15, -0.1) is 0 Å². The minimum Gasteiger partial charge on any atom is -0.497 e. The molecule has 0 spiro atoms. The molecule has 0 saturated carbocycles. The van der Waals surface area contributed by atoms with Gasteiger partial charge in [0.2, 0.25) is 5.95 Å². The molecule has 1 aliphatic rings. The average Bonchev–Trinajstić information content (AvgIpc) is 2.74. The minimum atomic E-state index is -0.662. The summed E-state index contributed by atoms with van der Waals surface area (Å²) in [5.74, 6) is 2.81. The number of nitrogen functional groups attached to an aromatic ring is 1. The van der Waals surface area contributed by atoms with Crippen molar-refractivity contribution in [3.63, 3.8) is 0 Å². The summed E-state index contributed by atoms with van der Waals surface area (Å²) in [6.07, 6.45) is 1.79. The van der Waals surface area contributed by atoms with Crippen LogP contribution in [0.25, 0.3) is 11.0 Å². The molecule has 0 aliphatic carbocycles. The first-order valence-electron chi connectivity index (χ1n) is 6.35. The molecule has 1 aromatic carbocycles. The highest BCUT2D eigenvalue weighted by Crippen LogP contribution is 2.31. The summed E-state index contributed by atoms with van der Waals surface area (Å²) < 4.78 is 18.7. The summed E-state index contributed by atoms with van der Waals surface area (Å²) in [6.45, 7) is 0. The Labute approximate surface area is 114 Å². The Morgan fingerprint density at radius 3 is 2.84 bits per heavy atom. The van der Waals surface area contributed by atoms with Gasteiger partial charge in [0, 0.05) is 34.4 Å². The van der Waals surface area contributed by atoms with Crippen molar-refractivity contribution in [3.8, 4) is 5.75 Å². The number of rotatable bonds is 2. The Morgan fingerprint density at radius 1 is 1.42 bits per heavy atom. The van der Waals surface area contributed by atoms with Crippen molar-refractivity contribution < 1.29 is 8.95 Å². The first-order chi connectivity index (χ1) is 9.19. The maximum atomic E-state index is 11.4. The molecule has 1 fully saturated rings. The van der Waals surface area contributed by atoms with E-state index in [1.807, 2.05) is 18.2 Å². The van der Waals surface area contributed by atoms with Crippen LogP contribution in [0.5, 0.6) is 5.75 Å². The number of anilines is 1. The lowest BCUT2D eigenvalue weighted by Gasteiger charge is -2.24. The van der Waals surface area contributed by atoms with Gasteiger partial charge in [-0.2, -0.15) is 0 Å². The minimum absolute atomic E-state index is 0.302. The van der Waals surface area contributed by atoms with E-state index in [1.54, 1.807) is 7.11 Å². The van der Waals surface area contributed by atoms with Crippen molar-refractivity contribution in [2.75, 3.05) is 24.3 Å². The summed E-state index contributed by atoms with van der Waals surface area (Å²) >= 11 is 0. The maximum Gasteiger partial charge on any atom is 0.201 e. The second-order valence-corrected chi connectivity index (χ2v) is 6.47. The number of imidazole rings is 1. The molecule has 1 aromatic heterocycles. The Bertz CT molecular complexity index is 628. The molecule has 0 bridgehead atoms. The van der Waals surface area contributed by atoms with Crippen LogP contribution < -0.4 is 10.5 Å².